The highest BCUT2D eigenvalue weighted by molar-refractivity contribution is 6.30. The van der Waals surface area contributed by atoms with E-state index >= 15 is 0 Å². The maximum absolute atomic E-state index is 13.0. The molecule has 7 nitrogen and oxygen atoms in total. The van der Waals surface area contributed by atoms with Crippen molar-refractivity contribution in [1.82, 2.24) is 24.7 Å². The van der Waals surface area contributed by atoms with Gasteiger partial charge in [-0.25, -0.2) is 9.97 Å². The number of rotatable bonds is 6. The first-order valence-corrected chi connectivity index (χ1v) is 11.4. The number of halogens is 4. The van der Waals surface area contributed by atoms with Crippen LogP contribution in [0.4, 0.5) is 13.2 Å². The number of aryl methyl sites for hydroxylation is 1. The molecule has 1 amide bonds. The number of fused-ring (bicyclic) bond motifs is 2. The van der Waals surface area contributed by atoms with Gasteiger partial charge in [-0.1, -0.05) is 24.6 Å². The summed E-state index contributed by atoms with van der Waals surface area (Å²) in [6.07, 6.45) is -2.49. The van der Waals surface area contributed by atoms with Crippen LogP contribution in [-0.2, 0) is 13.0 Å². The average molecular weight is 514 g/mol. The summed E-state index contributed by atoms with van der Waals surface area (Å²) in [5, 5.41) is 3.43. The molecule has 2 N–H and O–H groups in total. The minimum absolute atomic E-state index is 0.261. The standard InChI is InChI=1S/C25H19ClF3N5O2/c1-2-18-22(34-13-16(26)6-10-21(34)31-18)24(35)30-12-14-3-9-19-20(11-14)33-23(32-19)15-4-7-17(8-5-15)36-25(27,28)29/h3-11,13H,2,12H2,1H3,(H,30,35)(H,32,33). The Labute approximate surface area is 207 Å². The number of amides is 1. The molecule has 0 saturated carbocycles. The molecule has 0 aliphatic carbocycles. The molecule has 11 heteroatoms. The summed E-state index contributed by atoms with van der Waals surface area (Å²) in [5.41, 5.74) is 4.60. The van der Waals surface area contributed by atoms with E-state index in [9.17, 15) is 18.0 Å². The van der Waals surface area contributed by atoms with Crippen LogP contribution in [0.3, 0.4) is 0 Å². The molecule has 36 heavy (non-hydrogen) atoms. The summed E-state index contributed by atoms with van der Waals surface area (Å²) in [4.78, 5) is 25.2. The summed E-state index contributed by atoms with van der Waals surface area (Å²) in [5.74, 6) is -0.0783. The first kappa shape index (κ1) is 23.7. The third-order valence-electron chi connectivity index (χ3n) is 5.57. The second-order valence-corrected chi connectivity index (χ2v) is 8.46. The molecule has 0 aliphatic rings. The average Bonchev–Trinajstić information content (AvgIpc) is 3.42. The number of nitrogens with zero attached hydrogens (tertiary/aromatic N) is 3. The van der Waals surface area contributed by atoms with Gasteiger partial charge in [0.25, 0.3) is 5.91 Å². The summed E-state index contributed by atoms with van der Waals surface area (Å²) < 4.78 is 42.7. The van der Waals surface area contributed by atoms with Crippen molar-refractivity contribution >= 4 is 34.2 Å². The second kappa shape index (κ2) is 9.19. The van der Waals surface area contributed by atoms with E-state index < -0.39 is 6.36 Å². The third kappa shape index (κ3) is 4.85. The lowest BCUT2D eigenvalue weighted by molar-refractivity contribution is -0.274. The summed E-state index contributed by atoms with van der Waals surface area (Å²) in [6, 6.07) is 14.5. The fourth-order valence-corrected chi connectivity index (χ4v) is 4.09. The Morgan fingerprint density at radius 1 is 1.11 bits per heavy atom. The molecule has 0 atom stereocenters. The largest absolute Gasteiger partial charge is 0.573 e. The van der Waals surface area contributed by atoms with Gasteiger partial charge in [-0.3, -0.25) is 9.20 Å². The maximum atomic E-state index is 13.0. The van der Waals surface area contributed by atoms with Gasteiger partial charge in [0.1, 0.15) is 22.9 Å². The molecule has 184 valence electrons. The van der Waals surface area contributed by atoms with Crippen LogP contribution in [-0.4, -0.2) is 31.6 Å². The predicted molar refractivity (Wildman–Crippen MR) is 129 cm³/mol. The fourth-order valence-electron chi connectivity index (χ4n) is 3.93. The van der Waals surface area contributed by atoms with Gasteiger partial charge in [0.15, 0.2) is 0 Å². The van der Waals surface area contributed by atoms with Crippen molar-refractivity contribution in [2.45, 2.75) is 26.3 Å². The first-order valence-electron chi connectivity index (χ1n) is 11.0. The highest BCUT2D eigenvalue weighted by atomic mass is 35.5. The molecule has 3 aromatic heterocycles. The molecule has 0 unspecified atom stereocenters. The fraction of sp³-hybridized carbons (Fsp3) is 0.160. The highest BCUT2D eigenvalue weighted by Gasteiger charge is 2.31. The van der Waals surface area contributed by atoms with Gasteiger partial charge >= 0.3 is 6.36 Å². The van der Waals surface area contributed by atoms with E-state index in [0.717, 1.165) is 11.1 Å². The number of carbonyl (C=O) groups excluding carboxylic acids is 1. The molecule has 0 spiro atoms. The van der Waals surface area contributed by atoms with Gasteiger partial charge in [-0.2, -0.15) is 0 Å². The number of hydrogen-bond acceptors (Lipinski definition) is 4. The Morgan fingerprint density at radius 2 is 1.89 bits per heavy atom. The number of imidazole rings is 2. The normalized spacial score (nSPS) is 11.8. The molecule has 5 rings (SSSR count). The number of H-pyrrole nitrogens is 1. The number of nitrogens with one attached hydrogen (secondary N) is 2. The van der Waals surface area contributed by atoms with Crippen molar-refractivity contribution in [3.8, 4) is 17.1 Å². The van der Waals surface area contributed by atoms with Crippen LogP contribution in [0.5, 0.6) is 5.75 Å². The van der Waals surface area contributed by atoms with Gasteiger partial charge in [-0.05, 0) is 60.5 Å². The third-order valence-corrected chi connectivity index (χ3v) is 5.79. The van der Waals surface area contributed by atoms with Crippen LogP contribution in [0.25, 0.3) is 28.1 Å². The van der Waals surface area contributed by atoms with Crippen molar-refractivity contribution in [1.29, 1.82) is 0 Å². The summed E-state index contributed by atoms with van der Waals surface area (Å²) >= 11 is 6.11. The Hall–Kier alpha value is -4.05. The van der Waals surface area contributed by atoms with Crippen LogP contribution in [0.1, 0.15) is 28.7 Å². The number of benzene rings is 2. The molecular weight excluding hydrogens is 495 g/mol. The van der Waals surface area contributed by atoms with E-state index in [1.165, 1.54) is 24.3 Å². The zero-order valence-corrected chi connectivity index (χ0v) is 19.6. The second-order valence-electron chi connectivity index (χ2n) is 8.03. The van der Waals surface area contributed by atoms with Crippen molar-refractivity contribution in [2.75, 3.05) is 0 Å². The zero-order chi connectivity index (χ0) is 25.4. The van der Waals surface area contributed by atoms with Gasteiger partial charge in [0.2, 0.25) is 0 Å². The van der Waals surface area contributed by atoms with E-state index in [4.69, 9.17) is 11.6 Å². The van der Waals surface area contributed by atoms with Crippen LogP contribution >= 0.6 is 11.6 Å². The van der Waals surface area contributed by atoms with Gasteiger partial charge in [-0.15, -0.1) is 13.2 Å². The van der Waals surface area contributed by atoms with Crippen LogP contribution < -0.4 is 10.1 Å². The van der Waals surface area contributed by atoms with Crippen LogP contribution in [0.15, 0.2) is 60.8 Å². The Bertz CT molecular complexity index is 1570. The van der Waals surface area contributed by atoms with Crippen molar-refractivity contribution in [2.24, 2.45) is 0 Å². The topological polar surface area (TPSA) is 84.3 Å². The lowest BCUT2D eigenvalue weighted by Gasteiger charge is -2.08. The maximum Gasteiger partial charge on any atom is 0.573 e. The number of ether oxygens (including phenoxy) is 1. The molecular formula is C25H19ClF3N5O2. The van der Waals surface area contributed by atoms with Crippen LogP contribution in [0.2, 0.25) is 5.02 Å². The lowest BCUT2D eigenvalue weighted by atomic mass is 10.2. The van der Waals surface area contributed by atoms with Crippen LogP contribution in [0, 0.1) is 0 Å². The minimum atomic E-state index is -4.75. The van der Waals surface area contributed by atoms with Gasteiger partial charge < -0.3 is 15.0 Å². The van der Waals surface area contributed by atoms with E-state index in [-0.39, 0.29) is 18.2 Å². The van der Waals surface area contributed by atoms with Gasteiger partial charge in [0, 0.05) is 18.3 Å². The predicted octanol–water partition coefficient (Wildman–Crippen LogP) is 5.92. The zero-order valence-electron chi connectivity index (χ0n) is 18.9. The van der Waals surface area contributed by atoms with E-state index in [0.29, 0.717) is 45.4 Å². The summed E-state index contributed by atoms with van der Waals surface area (Å²) in [7, 11) is 0. The van der Waals surface area contributed by atoms with Crippen molar-refractivity contribution in [3.05, 3.63) is 82.8 Å². The SMILES string of the molecule is CCc1nc2ccc(Cl)cn2c1C(=O)NCc1ccc2[nH]c(-c3ccc(OC(F)(F)F)cc3)nc2c1. The number of aromatic nitrogens is 4. The Balaban J connectivity index is 1.33. The Morgan fingerprint density at radius 3 is 2.61 bits per heavy atom. The number of carbonyl (C=O) groups is 1. The van der Waals surface area contributed by atoms with E-state index in [1.54, 1.807) is 22.7 Å². The summed E-state index contributed by atoms with van der Waals surface area (Å²) in [6.45, 7) is 2.19. The molecule has 0 saturated heterocycles. The number of aromatic amines is 1. The molecule has 0 fully saturated rings. The molecule has 5 aromatic rings. The van der Waals surface area contributed by atoms with Crippen molar-refractivity contribution in [3.63, 3.8) is 0 Å². The molecule has 0 radical (unpaired) electrons. The van der Waals surface area contributed by atoms with E-state index in [1.807, 2.05) is 25.1 Å². The molecule has 2 aromatic carbocycles. The van der Waals surface area contributed by atoms with E-state index in [2.05, 4.69) is 25.0 Å². The molecule has 0 bridgehead atoms. The highest BCUT2D eigenvalue weighted by Crippen LogP contribution is 2.27. The smallest absolute Gasteiger partial charge is 0.406 e. The first-order chi connectivity index (χ1) is 17.2. The number of hydrogen-bond donors (Lipinski definition) is 2. The van der Waals surface area contributed by atoms with Gasteiger partial charge in [0.05, 0.1) is 21.7 Å². The minimum Gasteiger partial charge on any atom is -0.406 e. The number of alkyl halides is 3. The van der Waals surface area contributed by atoms with Crippen molar-refractivity contribution < 1.29 is 22.7 Å². The monoisotopic (exact) mass is 513 g/mol. The molecule has 0 aliphatic heterocycles. The Kier molecular flexibility index (Phi) is 6.05. The lowest BCUT2D eigenvalue weighted by Crippen LogP contribution is -2.25. The number of pyridine rings is 1. The quantitative estimate of drug-likeness (QED) is 0.295. The molecule has 3 heterocycles.